The van der Waals surface area contributed by atoms with Crippen LogP contribution in [0.5, 0.6) is 0 Å². The molecule has 2 fully saturated rings. The van der Waals surface area contributed by atoms with Gasteiger partial charge in [0.25, 0.3) is 5.91 Å². The van der Waals surface area contributed by atoms with E-state index in [0.29, 0.717) is 29.0 Å². The van der Waals surface area contributed by atoms with Gasteiger partial charge in [-0.3, -0.25) is 9.59 Å². The van der Waals surface area contributed by atoms with E-state index in [1.54, 1.807) is 6.07 Å². The molecule has 0 saturated carbocycles. The van der Waals surface area contributed by atoms with Gasteiger partial charge in [-0.2, -0.15) is 0 Å². The summed E-state index contributed by atoms with van der Waals surface area (Å²) in [6.45, 7) is 6.00. The van der Waals surface area contributed by atoms with E-state index in [-0.39, 0.29) is 11.8 Å². The highest BCUT2D eigenvalue weighted by molar-refractivity contribution is 6.31. The Balaban J connectivity index is 1.11. The Kier molecular flexibility index (Phi) is 6.04. The van der Waals surface area contributed by atoms with Gasteiger partial charge in [-0.25, -0.2) is 4.98 Å². The Labute approximate surface area is 198 Å². The summed E-state index contributed by atoms with van der Waals surface area (Å²) < 4.78 is 0. The quantitative estimate of drug-likeness (QED) is 0.616. The third kappa shape index (κ3) is 4.72. The van der Waals surface area contributed by atoms with E-state index in [4.69, 9.17) is 11.6 Å². The Morgan fingerprint density at radius 1 is 1.03 bits per heavy atom. The molecule has 33 heavy (non-hydrogen) atoms. The summed E-state index contributed by atoms with van der Waals surface area (Å²) in [6, 6.07) is 17.2. The first-order valence-corrected chi connectivity index (χ1v) is 11.8. The standard InChI is InChI=1S/C26H27ClN4O2/c1-17-6-8-21(12-22(17)27)28-25(32)10-11-30-13-19-15-31(16-20(19)14-30)26(33)24-9-7-18-4-2-3-5-23(18)29-24/h2-9,12,19-20H,10-11,13-16H2,1H3,(H,28,32). The summed E-state index contributed by atoms with van der Waals surface area (Å²) in [5, 5.41) is 4.62. The second-order valence-electron chi connectivity index (χ2n) is 9.14. The first-order valence-electron chi connectivity index (χ1n) is 11.4. The first kappa shape index (κ1) is 21.9. The summed E-state index contributed by atoms with van der Waals surface area (Å²) in [5.41, 5.74) is 3.08. The number of rotatable bonds is 5. The summed E-state index contributed by atoms with van der Waals surface area (Å²) in [5.74, 6) is 0.908. The molecular formula is C26H27ClN4O2. The number of nitrogens with zero attached hydrogens (tertiary/aromatic N) is 3. The number of aromatic nitrogens is 1. The lowest BCUT2D eigenvalue weighted by molar-refractivity contribution is -0.116. The zero-order chi connectivity index (χ0) is 22.9. The minimum Gasteiger partial charge on any atom is -0.337 e. The van der Waals surface area contributed by atoms with Crippen molar-refractivity contribution in [3.05, 3.63) is 70.9 Å². The number of aryl methyl sites for hydroxylation is 1. The van der Waals surface area contributed by atoms with E-state index in [1.165, 1.54) is 0 Å². The Bertz CT molecular complexity index is 1200. The summed E-state index contributed by atoms with van der Waals surface area (Å²) in [7, 11) is 0. The number of benzene rings is 2. The van der Waals surface area contributed by atoms with Gasteiger partial charge in [0.2, 0.25) is 5.91 Å². The maximum Gasteiger partial charge on any atom is 0.272 e. The van der Waals surface area contributed by atoms with E-state index < -0.39 is 0 Å². The molecule has 2 saturated heterocycles. The molecule has 170 valence electrons. The highest BCUT2D eigenvalue weighted by Gasteiger charge is 2.41. The number of amides is 2. The molecule has 2 unspecified atom stereocenters. The van der Waals surface area contributed by atoms with Crippen molar-refractivity contribution in [1.82, 2.24) is 14.8 Å². The summed E-state index contributed by atoms with van der Waals surface area (Å²) in [4.78, 5) is 34.2. The highest BCUT2D eigenvalue weighted by Crippen LogP contribution is 2.32. The van der Waals surface area contributed by atoms with E-state index >= 15 is 0 Å². The zero-order valence-corrected chi connectivity index (χ0v) is 19.4. The monoisotopic (exact) mass is 462 g/mol. The van der Waals surface area contributed by atoms with Crippen LogP contribution in [0.1, 0.15) is 22.5 Å². The van der Waals surface area contributed by atoms with Crippen LogP contribution in [0.2, 0.25) is 5.02 Å². The molecule has 1 N–H and O–H groups in total. The van der Waals surface area contributed by atoms with E-state index in [9.17, 15) is 9.59 Å². The van der Waals surface area contributed by atoms with Crippen LogP contribution in [0.15, 0.2) is 54.6 Å². The molecule has 0 bridgehead atoms. The number of carbonyl (C=O) groups is 2. The molecule has 7 heteroatoms. The molecule has 0 spiro atoms. The molecule has 2 aromatic carbocycles. The molecule has 2 aliphatic heterocycles. The van der Waals surface area contributed by atoms with Gasteiger partial charge in [-0.15, -0.1) is 0 Å². The van der Waals surface area contributed by atoms with Crippen molar-refractivity contribution >= 4 is 40.0 Å². The lowest BCUT2D eigenvalue weighted by atomic mass is 10.0. The van der Waals surface area contributed by atoms with Crippen LogP contribution in [-0.4, -0.2) is 59.3 Å². The molecule has 3 aromatic rings. The van der Waals surface area contributed by atoms with Crippen molar-refractivity contribution < 1.29 is 9.59 Å². The van der Waals surface area contributed by atoms with Gasteiger partial charge in [-0.1, -0.05) is 41.9 Å². The van der Waals surface area contributed by atoms with Crippen molar-refractivity contribution in [2.45, 2.75) is 13.3 Å². The van der Waals surface area contributed by atoms with E-state index in [1.807, 2.05) is 60.4 Å². The van der Waals surface area contributed by atoms with Crippen LogP contribution in [0, 0.1) is 18.8 Å². The fourth-order valence-electron chi connectivity index (χ4n) is 4.94. The van der Waals surface area contributed by atoms with Crippen LogP contribution < -0.4 is 5.32 Å². The molecule has 2 aliphatic rings. The third-order valence-corrected chi connectivity index (χ3v) is 7.18. The van der Waals surface area contributed by atoms with Crippen LogP contribution in [0.25, 0.3) is 10.9 Å². The van der Waals surface area contributed by atoms with Gasteiger partial charge in [0.15, 0.2) is 0 Å². The third-order valence-electron chi connectivity index (χ3n) is 6.78. The number of hydrogen-bond donors (Lipinski definition) is 1. The van der Waals surface area contributed by atoms with Crippen molar-refractivity contribution in [3.8, 4) is 0 Å². The summed E-state index contributed by atoms with van der Waals surface area (Å²) >= 11 is 6.14. The molecule has 6 nitrogen and oxygen atoms in total. The number of fused-ring (bicyclic) bond motifs is 2. The van der Waals surface area contributed by atoms with Gasteiger partial charge < -0.3 is 15.1 Å². The zero-order valence-electron chi connectivity index (χ0n) is 18.6. The van der Waals surface area contributed by atoms with Gasteiger partial charge in [0, 0.05) is 55.2 Å². The maximum atomic E-state index is 13.0. The normalized spacial score (nSPS) is 20.2. The molecule has 2 amide bonds. The number of halogens is 1. The van der Waals surface area contributed by atoms with Crippen LogP contribution in [0.4, 0.5) is 5.69 Å². The molecule has 1 aromatic heterocycles. The number of para-hydroxylation sites is 1. The number of carbonyl (C=O) groups excluding carboxylic acids is 2. The van der Waals surface area contributed by atoms with Gasteiger partial charge in [-0.05, 0) is 48.6 Å². The highest BCUT2D eigenvalue weighted by atomic mass is 35.5. The Morgan fingerprint density at radius 2 is 1.79 bits per heavy atom. The van der Waals surface area contributed by atoms with Crippen molar-refractivity contribution in [2.24, 2.45) is 11.8 Å². The van der Waals surface area contributed by atoms with Crippen LogP contribution in [-0.2, 0) is 4.79 Å². The number of hydrogen-bond acceptors (Lipinski definition) is 4. The van der Waals surface area contributed by atoms with Crippen LogP contribution in [0.3, 0.4) is 0 Å². The fourth-order valence-corrected chi connectivity index (χ4v) is 5.12. The molecule has 5 rings (SSSR count). The predicted molar refractivity (Wildman–Crippen MR) is 131 cm³/mol. The number of likely N-dealkylation sites (tertiary alicyclic amines) is 2. The van der Waals surface area contributed by atoms with Crippen molar-refractivity contribution in [1.29, 1.82) is 0 Å². The molecule has 0 radical (unpaired) electrons. The van der Waals surface area contributed by atoms with E-state index in [2.05, 4.69) is 15.2 Å². The fraction of sp³-hybridized carbons (Fsp3) is 0.346. The number of pyridine rings is 1. The number of nitrogens with one attached hydrogen (secondary N) is 1. The first-order chi connectivity index (χ1) is 16.0. The molecule has 2 atom stereocenters. The van der Waals surface area contributed by atoms with E-state index in [0.717, 1.165) is 54.9 Å². The minimum atomic E-state index is -0.00818. The SMILES string of the molecule is Cc1ccc(NC(=O)CCN2CC3CN(C(=O)c4ccc5ccccc5n4)CC3C2)cc1Cl. The lowest BCUT2D eigenvalue weighted by Gasteiger charge is -2.21. The average Bonchev–Trinajstić information content (AvgIpc) is 3.38. The second-order valence-corrected chi connectivity index (χ2v) is 9.55. The van der Waals surface area contributed by atoms with Gasteiger partial charge in [0.05, 0.1) is 5.52 Å². The van der Waals surface area contributed by atoms with Crippen LogP contribution >= 0.6 is 11.6 Å². The second kappa shape index (κ2) is 9.12. The molecular weight excluding hydrogens is 436 g/mol. The maximum absolute atomic E-state index is 13.0. The van der Waals surface area contributed by atoms with Gasteiger partial charge >= 0.3 is 0 Å². The minimum absolute atomic E-state index is 0.00818. The summed E-state index contributed by atoms with van der Waals surface area (Å²) in [6.07, 6.45) is 0.439. The Hall–Kier alpha value is -2.96. The smallest absolute Gasteiger partial charge is 0.272 e. The van der Waals surface area contributed by atoms with Gasteiger partial charge in [0.1, 0.15) is 5.69 Å². The Morgan fingerprint density at radius 3 is 2.55 bits per heavy atom. The number of anilines is 1. The average molecular weight is 463 g/mol. The molecule has 3 heterocycles. The largest absolute Gasteiger partial charge is 0.337 e. The van der Waals surface area contributed by atoms with Crippen molar-refractivity contribution in [2.75, 3.05) is 38.0 Å². The topological polar surface area (TPSA) is 65.5 Å². The lowest BCUT2D eigenvalue weighted by Crippen LogP contribution is -2.34. The predicted octanol–water partition coefficient (Wildman–Crippen LogP) is 4.23. The van der Waals surface area contributed by atoms with Crippen molar-refractivity contribution in [3.63, 3.8) is 0 Å². The molecule has 0 aliphatic carbocycles.